The first-order chi connectivity index (χ1) is 9.40. The van der Waals surface area contributed by atoms with E-state index >= 15 is 0 Å². The van der Waals surface area contributed by atoms with Gasteiger partial charge in [0.25, 0.3) is 5.91 Å². The number of aromatic nitrogens is 1. The zero-order chi connectivity index (χ0) is 14.9. The molecule has 0 aliphatic rings. The van der Waals surface area contributed by atoms with Gasteiger partial charge in [-0.05, 0) is 32.0 Å². The summed E-state index contributed by atoms with van der Waals surface area (Å²) in [5.74, 6) is -0.169. The van der Waals surface area contributed by atoms with Gasteiger partial charge in [-0.15, -0.1) is 11.3 Å². The Bertz CT molecular complexity index is 642. The van der Waals surface area contributed by atoms with E-state index in [0.717, 1.165) is 4.88 Å². The van der Waals surface area contributed by atoms with Crippen LogP contribution in [-0.4, -0.2) is 22.8 Å². The minimum absolute atomic E-state index is 0.0239. The summed E-state index contributed by atoms with van der Waals surface area (Å²) < 4.78 is 0. The van der Waals surface area contributed by atoms with Crippen molar-refractivity contribution < 1.29 is 4.79 Å². The van der Waals surface area contributed by atoms with Crippen molar-refractivity contribution in [1.82, 2.24) is 9.88 Å². The van der Waals surface area contributed by atoms with Gasteiger partial charge in [0.15, 0.2) is 0 Å². The van der Waals surface area contributed by atoms with Crippen molar-refractivity contribution in [3.63, 3.8) is 0 Å². The van der Waals surface area contributed by atoms with Crippen molar-refractivity contribution >= 4 is 40.4 Å². The van der Waals surface area contributed by atoms with Crippen LogP contribution in [0.2, 0.25) is 10.2 Å². The monoisotopic (exact) mass is 328 g/mol. The number of hydrogen-bond acceptors (Lipinski definition) is 3. The van der Waals surface area contributed by atoms with Crippen molar-refractivity contribution in [1.29, 1.82) is 0 Å². The fraction of sp³-hybridized carbons (Fsp3) is 0.286. The normalized spacial score (nSPS) is 12.2. The Hall–Kier alpha value is -1.10. The van der Waals surface area contributed by atoms with Gasteiger partial charge in [-0.3, -0.25) is 4.79 Å². The van der Waals surface area contributed by atoms with Gasteiger partial charge in [-0.2, -0.15) is 0 Å². The van der Waals surface area contributed by atoms with Crippen LogP contribution in [0.5, 0.6) is 0 Å². The molecular weight excluding hydrogens is 315 g/mol. The lowest BCUT2D eigenvalue weighted by Gasteiger charge is -2.24. The van der Waals surface area contributed by atoms with E-state index in [1.54, 1.807) is 23.3 Å². The van der Waals surface area contributed by atoms with Crippen LogP contribution in [0.15, 0.2) is 24.4 Å². The van der Waals surface area contributed by atoms with E-state index in [1.165, 1.54) is 17.1 Å². The number of aryl methyl sites for hydroxylation is 1. The summed E-state index contributed by atoms with van der Waals surface area (Å²) >= 11 is 13.5. The van der Waals surface area contributed by atoms with Gasteiger partial charge in [-0.25, -0.2) is 4.98 Å². The van der Waals surface area contributed by atoms with Crippen LogP contribution in [0.4, 0.5) is 0 Å². The molecule has 0 aromatic carbocycles. The van der Waals surface area contributed by atoms with Crippen LogP contribution >= 0.6 is 34.5 Å². The maximum atomic E-state index is 12.5. The molecule has 0 fully saturated rings. The summed E-state index contributed by atoms with van der Waals surface area (Å²) in [7, 11) is 1.76. The molecule has 1 unspecified atom stereocenters. The highest BCUT2D eigenvalue weighted by atomic mass is 35.5. The van der Waals surface area contributed by atoms with E-state index in [-0.39, 0.29) is 17.1 Å². The summed E-state index contributed by atoms with van der Waals surface area (Å²) in [6.45, 7) is 4.03. The van der Waals surface area contributed by atoms with Crippen molar-refractivity contribution in [3.8, 4) is 0 Å². The summed E-state index contributed by atoms with van der Waals surface area (Å²) in [5, 5.41) is 0.562. The lowest BCUT2D eigenvalue weighted by Crippen LogP contribution is -2.29. The Morgan fingerprint density at radius 2 is 2.10 bits per heavy atom. The van der Waals surface area contributed by atoms with Gasteiger partial charge in [-0.1, -0.05) is 23.2 Å². The van der Waals surface area contributed by atoms with Crippen LogP contribution in [0.1, 0.15) is 33.1 Å². The number of amides is 1. The Kier molecular flexibility index (Phi) is 4.68. The Balaban J connectivity index is 2.26. The first kappa shape index (κ1) is 15.3. The molecule has 1 atom stereocenters. The molecule has 0 radical (unpaired) electrons. The topological polar surface area (TPSA) is 33.2 Å². The van der Waals surface area contributed by atoms with Gasteiger partial charge in [0.1, 0.15) is 5.15 Å². The molecule has 2 heterocycles. The highest BCUT2D eigenvalue weighted by molar-refractivity contribution is 7.12. The molecule has 0 saturated carbocycles. The SMILES string of the molecule is Cc1ccc(C(C)N(C)C(=O)c2cc(Cl)ncc2Cl)s1. The van der Waals surface area contributed by atoms with E-state index in [9.17, 15) is 4.79 Å². The average Bonchev–Trinajstić information content (AvgIpc) is 2.85. The lowest BCUT2D eigenvalue weighted by molar-refractivity contribution is 0.0745. The van der Waals surface area contributed by atoms with E-state index < -0.39 is 0 Å². The van der Waals surface area contributed by atoms with Gasteiger partial charge >= 0.3 is 0 Å². The summed E-state index contributed by atoms with van der Waals surface area (Å²) in [6, 6.07) is 5.56. The lowest BCUT2D eigenvalue weighted by atomic mass is 10.2. The standard InChI is InChI=1S/C14H14Cl2N2OS/c1-8-4-5-12(20-8)9(2)18(3)14(19)10-6-13(16)17-7-11(10)15/h4-7,9H,1-3H3. The predicted molar refractivity (Wildman–Crippen MR) is 83.8 cm³/mol. The zero-order valence-corrected chi connectivity index (χ0v) is 13.7. The van der Waals surface area contributed by atoms with Crippen molar-refractivity contribution in [2.24, 2.45) is 0 Å². The number of carbonyl (C=O) groups excluding carboxylic acids is 1. The largest absolute Gasteiger partial charge is 0.334 e. The molecule has 0 N–H and O–H groups in total. The minimum atomic E-state index is -0.169. The first-order valence-electron chi connectivity index (χ1n) is 6.04. The fourth-order valence-electron chi connectivity index (χ4n) is 1.81. The number of thiophene rings is 1. The van der Waals surface area contributed by atoms with E-state index in [4.69, 9.17) is 23.2 Å². The maximum Gasteiger partial charge on any atom is 0.255 e. The molecule has 2 aromatic rings. The Morgan fingerprint density at radius 1 is 1.40 bits per heavy atom. The predicted octanol–water partition coefficient (Wildman–Crippen LogP) is 4.59. The fourth-order valence-corrected chi connectivity index (χ4v) is 3.13. The van der Waals surface area contributed by atoms with Crippen molar-refractivity contribution in [2.75, 3.05) is 7.05 Å². The zero-order valence-electron chi connectivity index (χ0n) is 11.4. The van der Waals surface area contributed by atoms with Crippen LogP contribution in [-0.2, 0) is 0 Å². The van der Waals surface area contributed by atoms with E-state index in [1.807, 2.05) is 26.0 Å². The van der Waals surface area contributed by atoms with Crippen LogP contribution in [0, 0.1) is 6.92 Å². The third-order valence-corrected chi connectivity index (χ3v) is 4.81. The summed E-state index contributed by atoms with van der Waals surface area (Å²) in [6.07, 6.45) is 1.39. The van der Waals surface area contributed by atoms with Crippen molar-refractivity contribution in [2.45, 2.75) is 19.9 Å². The van der Waals surface area contributed by atoms with Gasteiger partial charge < -0.3 is 4.90 Å². The molecule has 0 bridgehead atoms. The molecule has 20 heavy (non-hydrogen) atoms. The van der Waals surface area contributed by atoms with Crippen LogP contribution in [0.25, 0.3) is 0 Å². The first-order valence-corrected chi connectivity index (χ1v) is 7.62. The molecule has 3 nitrogen and oxygen atoms in total. The van der Waals surface area contributed by atoms with Gasteiger partial charge in [0.05, 0.1) is 16.6 Å². The molecule has 106 valence electrons. The molecule has 2 aromatic heterocycles. The number of hydrogen-bond donors (Lipinski definition) is 0. The second-order valence-electron chi connectivity index (χ2n) is 4.53. The summed E-state index contributed by atoms with van der Waals surface area (Å²) in [4.78, 5) is 20.4. The minimum Gasteiger partial charge on any atom is -0.334 e. The van der Waals surface area contributed by atoms with Gasteiger partial charge in [0.2, 0.25) is 0 Å². The van der Waals surface area contributed by atoms with E-state index in [0.29, 0.717) is 10.6 Å². The molecule has 6 heteroatoms. The van der Waals surface area contributed by atoms with Crippen LogP contribution in [0.3, 0.4) is 0 Å². The summed E-state index contributed by atoms with van der Waals surface area (Å²) in [5.41, 5.74) is 0.370. The number of pyridine rings is 1. The number of carbonyl (C=O) groups is 1. The Morgan fingerprint density at radius 3 is 2.70 bits per heavy atom. The third-order valence-electron chi connectivity index (χ3n) is 3.13. The quantitative estimate of drug-likeness (QED) is 0.772. The third kappa shape index (κ3) is 3.14. The number of nitrogens with zero attached hydrogens (tertiary/aromatic N) is 2. The number of rotatable bonds is 3. The van der Waals surface area contributed by atoms with E-state index in [2.05, 4.69) is 4.98 Å². The second-order valence-corrected chi connectivity index (χ2v) is 6.64. The van der Waals surface area contributed by atoms with Crippen molar-refractivity contribution in [3.05, 3.63) is 49.9 Å². The van der Waals surface area contributed by atoms with Gasteiger partial charge in [0, 0.05) is 23.0 Å². The number of halogens is 2. The highest BCUT2D eigenvalue weighted by Crippen LogP contribution is 2.28. The molecule has 0 saturated heterocycles. The smallest absolute Gasteiger partial charge is 0.255 e. The molecule has 0 aliphatic heterocycles. The molecule has 0 spiro atoms. The highest BCUT2D eigenvalue weighted by Gasteiger charge is 2.22. The molecule has 1 amide bonds. The molecule has 2 rings (SSSR count). The second kappa shape index (κ2) is 6.12. The average molecular weight is 329 g/mol. The maximum absolute atomic E-state index is 12.5. The molecule has 0 aliphatic carbocycles. The van der Waals surface area contributed by atoms with Crippen LogP contribution < -0.4 is 0 Å². The molecular formula is C14H14Cl2N2OS. The Labute approximate surface area is 132 Å².